The molecule has 2 aromatic rings. The fraction of sp³-hybridized carbons (Fsp3) is 0.182. The summed E-state index contributed by atoms with van der Waals surface area (Å²) in [5.74, 6) is -0.361. The summed E-state index contributed by atoms with van der Waals surface area (Å²) in [7, 11) is 0. The van der Waals surface area contributed by atoms with Crippen LogP contribution in [0.1, 0.15) is 13.8 Å². The first kappa shape index (κ1) is 21.6. The first-order chi connectivity index (χ1) is 13.8. The minimum Gasteiger partial charge on any atom is -0.383 e. The molecule has 0 aliphatic rings. The molecule has 2 amide bonds. The van der Waals surface area contributed by atoms with Crippen molar-refractivity contribution in [3.63, 3.8) is 0 Å². The fourth-order valence-electron chi connectivity index (χ4n) is 2.14. The molecule has 3 N–H and O–H groups in total. The van der Waals surface area contributed by atoms with E-state index < -0.39 is 0 Å². The number of carbonyl (C=O) groups is 2. The zero-order chi connectivity index (χ0) is 21.2. The van der Waals surface area contributed by atoms with Crippen molar-refractivity contribution < 1.29 is 9.59 Å². The molecular weight excluding hydrogens is 366 g/mol. The molecule has 7 nitrogen and oxygen atoms in total. The van der Waals surface area contributed by atoms with Gasteiger partial charge in [-0.05, 0) is 62.4 Å². The minimum absolute atomic E-state index is 0.145. The number of hydrogen-bond acceptors (Lipinski definition) is 5. The van der Waals surface area contributed by atoms with E-state index in [2.05, 4.69) is 39.3 Å². The van der Waals surface area contributed by atoms with Crippen molar-refractivity contribution in [1.29, 1.82) is 0 Å². The molecule has 2 aromatic carbocycles. The monoisotopic (exact) mass is 391 g/mol. The highest BCUT2D eigenvalue weighted by Crippen LogP contribution is 2.21. The van der Waals surface area contributed by atoms with E-state index in [1.54, 1.807) is 38.1 Å². The summed E-state index contributed by atoms with van der Waals surface area (Å²) in [6.45, 7) is 11.6. The molecular formula is C22H25N5O2. The van der Waals surface area contributed by atoms with E-state index in [1.165, 1.54) is 0 Å². The van der Waals surface area contributed by atoms with Gasteiger partial charge in [-0.1, -0.05) is 13.2 Å². The summed E-state index contributed by atoms with van der Waals surface area (Å²) >= 11 is 0. The van der Waals surface area contributed by atoms with Crippen molar-refractivity contribution in [1.82, 2.24) is 5.32 Å². The summed E-state index contributed by atoms with van der Waals surface area (Å²) < 4.78 is 0. The van der Waals surface area contributed by atoms with E-state index in [0.717, 1.165) is 5.69 Å². The predicted octanol–water partition coefficient (Wildman–Crippen LogP) is 4.72. The van der Waals surface area contributed by atoms with Crippen molar-refractivity contribution in [2.45, 2.75) is 13.8 Å². The number of nitrogens with one attached hydrogen (secondary N) is 3. The average molecular weight is 391 g/mol. The molecule has 0 unspecified atom stereocenters. The van der Waals surface area contributed by atoms with Gasteiger partial charge in [-0.2, -0.15) is 10.2 Å². The normalized spacial score (nSPS) is 10.4. The van der Waals surface area contributed by atoms with E-state index in [1.807, 2.05) is 24.3 Å². The van der Waals surface area contributed by atoms with Gasteiger partial charge in [0.25, 0.3) is 5.91 Å². The van der Waals surface area contributed by atoms with Gasteiger partial charge in [0.05, 0.1) is 11.4 Å². The standard InChI is InChI=1S/C22H25N5O2/c1-15(2)21(28)24-14-13-23-17-5-9-19(10-6-17)26-27-20-11-7-18(8-12-20)25-22(29)16(3)4/h5-12,23H,1,3,13-14H2,2,4H3,(H,24,28)(H,25,29). The molecule has 0 aromatic heterocycles. The smallest absolute Gasteiger partial charge is 0.250 e. The van der Waals surface area contributed by atoms with Gasteiger partial charge in [0.2, 0.25) is 5.91 Å². The third kappa shape index (κ3) is 7.42. The van der Waals surface area contributed by atoms with Crippen LogP contribution in [-0.2, 0) is 9.59 Å². The van der Waals surface area contributed by atoms with Crippen molar-refractivity contribution in [3.8, 4) is 0 Å². The predicted molar refractivity (Wildman–Crippen MR) is 117 cm³/mol. The van der Waals surface area contributed by atoms with Crippen LogP contribution in [0.3, 0.4) is 0 Å². The first-order valence-corrected chi connectivity index (χ1v) is 9.11. The molecule has 0 atom stereocenters. The lowest BCUT2D eigenvalue weighted by Crippen LogP contribution is -2.28. The largest absolute Gasteiger partial charge is 0.383 e. The Bertz CT molecular complexity index is 915. The van der Waals surface area contributed by atoms with E-state index >= 15 is 0 Å². The topological polar surface area (TPSA) is 94.9 Å². The maximum atomic E-state index is 11.6. The molecule has 0 saturated heterocycles. The van der Waals surface area contributed by atoms with E-state index in [9.17, 15) is 9.59 Å². The molecule has 0 heterocycles. The number of carbonyl (C=O) groups excluding carboxylic acids is 2. The molecule has 2 rings (SSSR count). The Kier molecular flexibility index (Phi) is 7.85. The lowest BCUT2D eigenvalue weighted by molar-refractivity contribution is -0.117. The summed E-state index contributed by atoms with van der Waals surface area (Å²) in [5, 5.41) is 17.1. The molecule has 0 bridgehead atoms. The second-order valence-electron chi connectivity index (χ2n) is 6.49. The SMILES string of the molecule is C=C(C)C(=O)NCCNc1ccc(N=Nc2ccc(NC(=O)C(=C)C)cc2)cc1. The van der Waals surface area contributed by atoms with Gasteiger partial charge in [-0.25, -0.2) is 0 Å². The summed E-state index contributed by atoms with van der Waals surface area (Å²) in [6.07, 6.45) is 0. The van der Waals surface area contributed by atoms with Gasteiger partial charge in [0.1, 0.15) is 0 Å². The van der Waals surface area contributed by atoms with Gasteiger partial charge >= 0.3 is 0 Å². The Morgan fingerprint density at radius 3 is 1.72 bits per heavy atom. The van der Waals surface area contributed by atoms with Crippen LogP contribution in [-0.4, -0.2) is 24.9 Å². The number of benzene rings is 2. The molecule has 0 spiro atoms. The molecule has 7 heteroatoms. The van der Waals surface area contributed by atoms with Gasteiger partial charge in [-0.15, -0.1) is 0 Å². The van der Waals surface area contributed by atoms with Crippen LogP contribution in [0.4, 0.5) is 22.7 Å². The number of rotatable bonds is 9. The van der Waals surface area contributed by atoms with Gasteiger partial charge in [-0.3, -0.25) is 9.59 Å². The van der Waals surface area contributed by atoms with Crippen LogP contribution >= 0.6 is 0 Å². The van der Waals surface area contributed by atoms with Crippen molar-refractivity contribution in [2.75, 3.05) is 23.7 Å². The molecule has 150 valence electrons. The summed E-state index contributed by atoms with van der Waals surface area (Å²) in [6, 6.07) is 14.5. The Hall–Kier alpha value is -3.74. The molecule has 29 heavy (non-hydrogen) atoms. The highest BCUT2D eigenvalue weighted by Gasteiger charge is 2.02. The highest BCUT2D eigenvalue weighted by atomic mass is 16.2. The van der Waals surface area contributed by atoms with Crippen LogP contribution in [0, 0.1) is 0 Å². The van der Waals surface area contributed by atoms with Gasteiger partial charge in [0.15, 0.2) is 0 Å². The first-order valence-electron chi connectivity index (χ1n) is 9.11. The van der Waals surface area contributed by atoms with Gasteiger partial charge < -0.3 is 16.0 Å². The molecule has 0 fully saturated rings. The summed E-state index contributed by atoms with van der Waals surface area (Å²) in [4.78, 5) is 23.0. The fourth-order valence-corrected chi connectivity index (χ4v) is 2.14. The van der Waals surface area contributed by atoms with Crippen LogP contribution in [0.25, 0.3) is 0 Å². The highest BCUT2D eigenvalue weighted by molar-refractivity contribution is 6.02. The number of azo groups is 1. The quantitative estimate of drug-likeness (QED) is 0.328. The molecule has 0 saturated carbocycles. The number of amides is 2. The Morgan fingerprint density at radius 2 is 1.24 bits per heavy atom. The second-order valence-corrected chi connectivity index (χ2v) is 6.49. The van der Waals surface area contributed by atoms with Crippen LogP contribution in [0.5, 0.6) is 0 Å². The Balaban J connectivity index is 1.83. The van der Waals surface area contributed by atoms with Crippen LogP contribution < -0.4 is 16.0 Å². The van der Waals surface area contributed by atoms with Crippen molar-refractivity contribution in [3.05, 3.63) is 72.8 Å². The van der Waals surface area contributed by atoms with Crippen LogP contribution in [0.2, 0.25) is 0 Å². The lowest BCUT2D eigenvalue weighted by atomic mass is 10.2. The molecule has 0 aliphatic carbocycles. The Morgan fingerprint density at radius 1 is 0.759 bits per heavy atom. The third-order valence-electron chi connectivity index (χ3n) is 3.79. The average Bonchev–Trinajstić information content (AvgIpc) is 2.71. The number of nitrogens with zero attached hydrogens (tertiary/aromatic N) is 2. The summed E-state index contributed by atoms with van der Waals surface area (Å²) in [5.41, 5.74) is 3.92. The van der Waals surface area contributed by atoms with Crippen LogP contribution in [0.15, 0.2) is 83.1 Å². The molecule has 0 radical (unpaired) electrons. The lowest BCUT2D eigenvalue weighted by Gasteiger charge is -2.08. The number of hydrogen-bond donors (Lipinski definition) is 3. The van der Waals surface area contributed by atoms with E-state index in [0.29, 0.717) is 41.3 Å². The Labute approximate surface area is 170 Å². The minimum atomic E-state index is -0.216. The maximum Gasteiger partial charge on any atom is 0.250 e. The zero-order valence-corrected chi connectivity index (χ0v) is 16.7. The third-order valence-corrected chi connectivity index (χ3v) is 3.79. The van der Waals surface area contributed by atoms with Crippen molar-refractivity contribution >= 4 is 34.6 Å². The van der Waals surface area contributed by atoms with E-state index in [4.69, 9.17) is 0 Å². The van der Waals surface area contributed by atoms with Gasteiger partial charge in [0, 0.05) is 35.6 Å². The number of anilines is 2. The molecule has 0 aliphatic heterocycles. The van der Waals surface area contributed by atoms with E-state index in [-0.39, 0.29) is 11.8 Å². The maximum absolute atomic E-state index is 11.6. The second kappa shape index (κ2) is 10.6. The zero-order valence-electron chi connectivity index (χ0n) is 16.7. The van der Waals surface area contributed by atoms with Crippen molar-refractivity contribution in [2.24, 2.45) is 10.2 Å².